The van der Waals surface area contributed by atoms with Crippen LogP contribution in [0.2, 0.25) is 0 Å². The first-order valence-electron chi connectivity index (χ1n) is 6.46. The second-order valence-corrected chi connectivity index (χ2v) is 5.80. The smallest absolute Gasteiger partial charge is 0.319 e. The van der Waals surface area contributed by atoms with Gasteiger partial charge in [-0.2, -0.15) is 5.26 Å². The van der Waals surface area contributed by atoms with Crippen molar-refractivity contribution >= 4 is 11.9 Å². The van der Waals surface area contributed by atoms with Gasteiger partial charge < -0.3 is 9.64 Å². The number of nitriles is 1. The maximum absolute atomic E-state index is 12.4. The van der Waals surface area contributed by atoms with Crippen LogP contribution in [-0.2, 0) is 14.3 Å². The van der Waals surface area contributed by atoms with Gasteiger partial charge in [0.05, 0.1) is 18.6 Å². The number of amides is 1. The van der Waals surface area contributed by atoms with E-state index in [1.54, 1.807) is 20.9 Å². The molecule has 19 heavy (non-hydrogen) atoms. The minimum Gasteiger partial charge on any atom is -0.465 e. The van der Waals surface area contributed by atoms with E-state index in [0.29, 0.717) is 6.54 Å². The Kier molecular flexibility index (Phi) is 6.54. The number of esters is 1. The molecule has 0 aliphatic carbocycles. The topological polar surface area (TPSA) is 70.4 Å². The number of hydrogen-bond donors (Lipinski definition) is 0. The van der Waals surface area contributed by atoms with Crippen molar-refractivity contribution in [1.82, 2.24) is 4.90 Å². The van der Waals surface area contributed by atoms with E-state index in [-0.39, 0.29) is 18.4 Å². The van der Waals surface area contributed by atoms with Crippen LogP contribution in [0, 0.1) is 28.6 Å². The normalized spacial score (nSPS) is 14.2. The van der Waals surface area contributed by atoms with Crippen LogP contribution in [0.15, 0.2) is 0 Å². The second kappa shape index (κ2) is 7.13. The molecule has 2 unspecified atom stereocenters. The summed E-state index contributed by atoms with van der Waals surface area (Å²) in [5.74, 6) is -1.91. The number of nitrogens with zero attached hydrogens (tertiary/aromatic N) is 2. The van der Waals surface area contributed by atoms with E-state index in [2.05, 4.69) is 6.07 Å². The molecule has 2 atom stereocenters. The number of rotatable bonds is 5. The lowest BCUT2D eigenvalue weighted by Crippen LogP contribution is -2.45. The molecule has 0 aromatic heterocycles. The lowest BCUT2D eigenvalue weighted by Gasteiger charge is -2.31. The van der Waals surface area contributed by atoms with Crippen molar-refractivity contribution in [1.29, 1.82) is 5.26 Å². The second-order valence-electron chi connectivity index (χ2n) is 5.80. The zero-order chi connectivity index (χ0) is 15.2. The highest BCUT2D eigenvalue weighted by atomic mass is 16.5. The van der Waals surface area contributed by atoms with Crippen LogP contribution in [0.3, 0.4) is 0 Å². The van der Waals surface area contributed by atoms with E-state index in [9.17, 15) is 9.59 Å². The molecule has 0 heterocycles. The third-order valence-electron chi connectivity index (χ3n) is 2.78. The minimum absolute atomic E-state index is 0.247. The fourth-order valence-electron chi connectivity index (χ4n) is 1.81. The molecular weight excluding hydrogens is 244 g/mol. The third-order valence-corrected chi connectivity index (χ3v) is 2.78. The predicted octanol–water partition coefficient (Wildman–Crippen LogP) is 1.83. The Morgan fingerprint density at radius 3 is 2.26 bits per heavy atom. The lowest BCUT2D eigenvalue weighted by atomic mass is 9.79. The Balaban J connectivity index is 5.03. The highest BCUT2D eigenvalue weighted by Gasteiger charge is 2.40. The largest absolute Gasteiger partial charge is 0.465 e. The van der Waals surface area contributed by atoms with E-state index in [1.165, 1.54) is 4.90 Å². The van der Waals surface area contributed by atoms with Crippen LogP contribution in [-0.4, -0.2) is 37.0 Å². The Hall–Kier alpha value is -1.57. The van der Waals surface area contributed by atoms with Gasteiger partial charge in [0.25, 0.3) is 0 Å². The fraction of sp³-hybridized carbons (Fsp3) is 0.786. The SMILES string of the molecule is CCOC(=O)C(C(=O)N(C)CC(C)C#N)C(C)(C)C. The molecule has 0 saturated heterocycles. The van der Waals surface area contributed by atoms with Gasteiger partial charge >= 0.3 is 5.97 Å². The van der Waals surface area contributed by atoms with Gasteiger partial charge in [-0.05, 0) is 19.3 Å². The maximum Gasteiger partial charge on any atom is 0.319 e. The van der Waals surface area contributed by atoms with Crippen molar-refractivity contribution in [3.05, 3.63) is 0 Å². The van der Waals surface area contributed by atoms with Gasteiger partial charge in [-0.15, -0.1) is 0 Å². The summed E-state index contributed by atoms with van der Waals surface area (Å²) in [5, 5.41) is 8.78. The van der Waals surface area contributed by atoms with Gasteiger partial charge in [0.15, 0.2) is 0 Å². The average Bonchev–Trinajstić information content (AvgIpc) is 2.27. The monoisotopic (exact) mass is 268 g/mol. The molecule has 0 aromatic rings. The fourth-order valence-corrected chi connectivity index (χ4v) is 1.81. The average molecular weight is 268 g/mol. The van der Waals surface area contributed by atoms with Crippen molar-refractivity contribution in [2.24, 2.45) is 17.3 Å². The lowest BCUT2D eigenvalue weighted by molar-refractivity contribution is -0.160. The molecule has 0 aromatic carbocycles. The first kappa shape index (κ1) is 17.4. The Bertz CT molecular complexity index is 366. The molecule has 0 bridgehead atoms. The zero-order valence-corrected chi connectivity index (χ0v) is 12.7. The van der Waals surface area contributed by atoms with Crippen LogP contribution in [0.1, 0.15) is 34.6 Å². The highest BCUT2D eigenvalue weighted by Crippen LogP contribution is 2.29. The number of carbonyl (C=O) groups is 2. The van der Waals surface area contributed by atoms with Gasteiger partial charge in [0, 0.05) is 13.6 Å². The summed E-state index contributed by atoms with van der Waals surface area (Å²) in [4.78, 5) is 25.8. The first-order valence-corrected chi connectivity index (χ1v) is 6.46. The summed E-state index contributed by atoms with van der Waals surface area (Å²) < 4.78 is 4.98. The van der Waals surface area contributed by atoms with Crippen molar-refractivity contribution in [3.63, 3.8) is 0 Å². The zero-order valence-electron chi connectivity index (χ0n) is 12.7. The Morgan fingerprint density at radius 2 is 1.89 bits per heavy atom. The minimum atomic E-state index is -0.844. The van der Waals surface area contributed by atoms with Gasteiger partial charge in [0.2, 0.25) is 5.91 Å². The van der Waals surface area contributed by atoms with Crippen LogP contribution in [0.25, 0.3) is 0 Å². The molecule has 0 spiro atoms. The van der Waals surface area contributed by atoms with Crippen molar-refractivity contribution in [2.75, 3.05) is 20.2 Å². The summed E-state index contributed by atoms with van der Waals surface area (Å²) >= 11 is 0. The third kappa shape index (κ3) is 5.29. The summed E-state index contributed by atoms with van der Waals surface area (Å²) in [6.45, 7) is 9.48. The first-order chi connectivity index (χ1) is 8.65. The molecule has 1 amide bonds. The quantitative estimate of drug-likeness (QED) is 0.563. The molecule has 0 fully saturated rings. The number of ether oxygens (including phenoxy) is 1. The van der Waals surface area contributed by atoms with E-state index < -0.39 is 17.3 Å². The van der Waals surface area contributed by atoms with E-state index in [4.69, 9.17) is 10.00 Å². The van der Waals surface area contributed by atoms with Crippen LogP contribution < -0.4 is 0 Å². The molecule has 0 radical (unpaired) electrons. The van der Waals surface area contributed by atoms with Gasteiger partial charge in [-0.25, -0.2) is 0 Å². The molecule has 5 heteroatoms. The van der Waals surface area contributed by atoms with Gasteiger partial charge in [-0.1, -0.05) is 20.8 Å². The molecular formula is C14H24N2O3. The Morgan fingerprint density at radius 1 is 1.37 bits per heavy atom. The maximum atomic E-state index is 12.4. The Labute approximate surface area is 115 Å². The summed E-state index contributed by atoms with van der Waals surface area (Å²) in [5.41, 5.74) is -0.520. The predicted molar refractivity (Wildman–Crippen MR) is 72.0 cm³/mol. The van der Waals surface area contributed by atoms with E-state index in [1.807, 2.05) is 20.8 Å². The van der Waals surface area contributed by atoms with Gasteiger partial charge in [-0.3, -0.25) is 9.59 Å². The number of carbonyl (C=O) groups excluding carboxylic acids is 2. The summed E-state index contributed by atoms with van der Waals surface area (Å²) in [6.07, 6.45) is 0. The number of hydrogen-bond acceptors (Lipinski definition) is 4. The molecule has 108 valence electrons. The van der Waals surface area contributed by atoms with Crippen LogP contribution in [0.5, 0.6) is 0 Å². The van der Waals surface area contributed by atoms with E-state index >= 15 is 0 Å². The molecule has 0 aliphatic rings. The summed E-state index contributed by atoms with van der Waals surface area (Å²) in [6, 6.07) is 2.07. The molecule has 0 rings (SSSR count). The summed E-state index contributed by atoms with van der Waals surface area (Å²) in [7, 11) is 1.61. The van der Waals surface area contributed by atoms with E-state index in [0.717, 1.165) is 0 Å². The van der Waals surface area contributed by atoms with Crippen molar-refractivity contribution in [3.8, 4) is 6.07 Å². The molecule has 0 saturated carbocycles. The van der Waals surface area contributed by atoms with Gasteiger partial charge in [0.1, 0.15) is 5.92 Å². The highest BCUT2D eigenvalue weighted by molar-refractivity contribution is 5.98. The molecule has 5 nitrogen and oxygen atoms in total. The standard InChI is InChI=1S/C14H24N2O3/c1-7-19-13(18)11(14(3,4)5)12(17)16(6)9-10(2)8-15/h10-11H,7,9H2,1-6H3. The molecule has 0 N–H and O–H groups in total. The van der Waals surface area contributed by atoms with Crippen molar-refractivity contribution < 1.29 is 14.3 Å². The van der Waals surface area contributed by atoms with Crippen molar-refractivity contribution in [2.45, 2.75) is 34.6 Å². The van der Waals surface area contributed by atoms with Crippen LogP contribution >= 0.6 is 0 Å². The van der Waals surface area contributed by atoms with Crippen LogP contribution in [0.4, 0.5) is 0 Å². The molecule has 0 aliphatic heterocycles.